The number of benzene rings is 3. The monoisotopic (exact) mass is 361 g/mol. The Morgan fingerprint density at radius 3 is 1.42 bits per heavy atom. The highest BCUT2D eigenvalue weighted by Gasteiger charge is 2.55. The first kappa shape index (κ1) is 18.1. The van der Waals surface area contributed by atoms with Crippen molar-refractivity contribution in [3.05, 3.63) is 104 Å². The number of carboxylic acids is 1. The summed E-state index contributed by atoms with van der Waals surface area (Å²) >= 11 is 0. The predicted octanol–water partition coefficient (Wildman–Crippen LogP) is 4.01. The van der Waals surface area contributed by atoms with Gasteiger partial charge in [0.25, 0.3) is 0 Å². The van der Waals surface area contributed by atoms with Gasteiger partial charge in [0.2, 0.25) is 0 Å². The highest BCUT2D eigenvalue weighted by atomic mass is 31.2. The Kier molecular flexibility index (Phi) is 5.65. The van der Waals surface area contributed by atoms with Crippen molar-refractivity contribution in [1.82, 2.24) is 0 Å². The molecule has 3 heteroatoms. The van der Waals surface area contributed by atoms with Crippen LogP contribution >= 0.6 is 7.26 Å². The maximum absolute atomic E-state index is 12.4. The Bertz CT molecular complexity index is 764. The van der Waals surface area contributed by atoms with Crippen LogP contribution in [0.3, 0.4) is 0 Å². The molecule has 0 radical (unpaired) electrons. The molecule has 0 aliphatic carbocycles. The molecule has 0 heterocycles. The van der Waals surface area contributed by atoms with Crippen LogP contribution in [0.2, 0.25) is 0 Å². The van der Waals surface area contributed by atoms with E-state index in [0.29, 0.717) is 6.42 Å². The second-order valence-electron chi connectivity index (χ2n) is 6.11. The van der Waals surface area contributed by atoms with Crippen LogP contribution < -0.4 is 15.9 Å². The zero-order valence-corrected chi connectivity index (χ0v) is 15.4. The number of aliphatic carboxylic acids is 1. The van der Waals surface area contributed by atoms with Gasteiger partial charge in [-0.3, -0.25) is 0 Å². The fourth-order valence-corrected chi connectivity index (χ4v) is 8.26. The smallest absolute Gasteiger partial charge is 0.346 e. The molecule has 0 amide bonds. The molecule has 0 fully saturated rings. The zero-order valence-electron chi connectivity index (χ0n) is 14.5. The van der Waals surface area contributed by atoms with Gasteiger partial charge in [0.15, 0.2) is 5.66 Å². The lowest BCUT2D eigenvalue weighted by molar-refractivity contribution is -0.136. The lowest BCUT2D eigenvalue weighted by Crippen LogP contribution is -2.42. The van der Waals surface area contributed by atoms with Gasteiger partial charge in [-0.05, 0) is 36.4 Å². The van der Waals surface area contributed by atoms with Crippen LogP contribution in [0, 0.1) is 0 Å². The minimum Gasteiger partial charge on any atom is -0.478 e. The van der Waals surface area contributed by atoms with Crippen LogP contribution in [0.5, 0.6) is 0 Å². The van der Waals surface area contributed by atoms with Crippen molar-refractivity contribution in [3.8, 4) is 0 Å². The molecule has 0 aromatic heterocycles. The van der Waals surface area contributed by atoms with Crippen LogP contribution in [-0.2, 0) is 4.79 Å². The molecule has 0 bridgehead atoms. The molecule has 3 aromatic rings. The van der Waals surface area contributed by atoms with E-state index < -0.39 is 18.9 Å². The second kappa shape index (κ2) is 8.12. The van der Waals surface area contributed by atoms with E-state index in [9.17, 15) is 9.90 Å². The first-order valence-corrected chi connectivity index (χ1v) is 10.5. The summed E-state index contributed by atoms with van der Waals surface area (Å²) in [4.78, 5) is 12.4. The van der Waals surface area contributed by atoms with Gasteiger partial charge in [0.05, 0.1) is 0 Å². The number of rotatable bonds is 7. The molecule has 1 atom stereocenters. The first-order chi connectivity index (χ1) is 12.7. The summed E-state index contributed by atoms with van der Waals surface area (Å²) in [7, 11) is -2.41. The Balaban J connectivity index is 2.42. The molecule has 0 aliphatic heterocycles. The van der Waals surface area contributed by atoms with Gasteiger partial charge < -0.3 is 5.11 Å². The van der Waals surface area contributed by atoms with E-state index in [1.165, 1.54) is 0 Å². The van der Waals surface area contributed by atoms with Crippen molar-refractivity contribution in [2.45, 2.75) is 12.1 Å². The number of hydrogen-bond acceptors (Lipinski definition) is 1. The van der Waals surface area contributed by atoms with Gasteiger partial charge in [-0.1, -0.05) is 60.7 Å². The minimum absolute atomic E-state index is 0.418. The molecular formula is C23H22O2P+. The topological polar surface area (TPSA) is 37.3 Å². The van der Waals surface area contributed by atoms with Crippen molar-refractivity contribution >= 4 is 29.1 Å². The summed E-state index contributed by atoms with van der Waals surface area (Å²) in [5.74, 6) is -0.783. The maximum Gasteiger partial charge on any atom is 0.346 e. The molecular weight excluding hydrogens is 339 g/mol. The number of hydrogen-bond donors (Lipinski definition) is 1. The number of carboxylic acid groups (broad SMARTS) is 1. The Morgan fingerprint density at radius 1 is 0.808 bits per heavy atom. The standard InChI is InChI=1S/C23H21O2P/c1-2-12-22(23(24)25)26(19-13-6-3-7-14-19,20-15-8-4-9-16-20)21-17-10-5-11-18-21/h2-11,13-18,22H,1,12H2/p+1. The van der Waals surface area contributed by atoms with Gasteiger partial charge in [-0.2, -0.15) is 0 Å². The van der Waals surface area contributed by atoms with Crippen molar-refractivity contribution in [3.63, 3.8) is 0 Å². The molecule has 3 aromatic carbocycles. The Labute approximate surface area is 155 Å². The van der Waals surface area contributed by atoms with Gasteiger partial charge in [0, 0.05) is 6.42 Å². The third kappa shape index (κ3) is 3.21. The fourth-order valence-electron chi connectivity index (χ4n) is 3.56. The molecule has 26 heavy (non-hydrogen) atoms. The van der Waals surface area contributed by atoms with Crippen molar-refractivity contribution in [1.29, 1.82) is 0 Å². The van der Waals surface area contributed by atoms with Crippen LogP contribution in [-0.4, -0.2) is 16.7 Å². The average Bonchev–Trinajstić information content (AvgIpc) is 2.70. The van der Waals surface area contributed by atoms with E-state index in [-0.39, 0.29) is 0 Å². The number of allylic oxidation sites excluding steroid dienone is 1. The van der Waals surface area contributed by atoms with Crippen LogP contribution in [0.1, 0.15) is 6.42 Å². The normalized spacial score (nSPS) is 12.3. The first-order valence-electron chi connectivity index (χ1n) is 8.60. The second-order valence-corrected chi connectivity index (χ2v) is 9.73. The third-order valence-corrected chi connectivity index (χ3v) is 9.34. The van der Waals surface area contributed by atoms with Crippen molar-refractivity contribution < 1.29 is 9.90 Å². The zero-order chi connectivity index (χ0) is 18.4. The fraction of sp³-hybridized carbons (Fsp3) is 0.0870. The van der Waals surface area contributed by atoms with Gasteiger partial charge in [-0.25, -0.2) is 4.79 Å². The van der Waals surface area contributed by atoms with Crippen LogP contribution in [0.15, 0.2) is 104 Å². The van der Waals surface area contributed by atoms with Crippen molar-refractivity contribution in [2.24, 2.45) is 0 Å². The minimum atomic E-state index is -2.41. The summed E-state index contributed by atoms with van der Waals surface area (Å²) in [6, 6.07) is 30.2. The van der Waals surface area contributed by atoms with Gasteiger partial charge in [0.1, 0.15) is 23.2 Å². The molecule has 0 spiro atoms. The van der Waals surface area contributed by atoms with E-state index in [0.717, 1.165) is 15.9 Å². The molecule has 3 rings (SSSR count). The molecule has 2 nitrogen and oxygen atoms in total. The quantitative estimate of drug-likeness (QED) is 0.510. The number of carbonyl (C=O) groups is 1. The molecule has 0 aliphatic rings. The average molecular weight is 361 g/mol. The molecule has 1 unspecified atom stereocenters. The van der Waals surface area contributed by atoms with Gasteiger partial charge in [-0.15, -0.1) is 6.58 Å². The summed E-state index contributed by atoms with van der Waals surface area (Å²) in [5, 5.41) is 13.4. The van der Waals surface area contributed by atoms with E-state index in [4.69, 9.17) is 0 Å². The molecule has 130 valence electrons. The maximum atomic E-state index is 12.4. The largest absolute Gasteiger partial charge is 0.478 e. The highest BCUT2D eigenvalue weighted by molar-refractivity contribution is 7.96. The predicted molar refractivity (Wildman–Crippen MR) is 111 cm³/mol. The van der Waals surface area contributed by atoms with Crippen molar-refractivity contribution in [2.75, 3.05) is 0 Å². The highest BCUT2D eigenvalue weighted by Crippen LogP contribution is 2.60. The summed E-state index contributed by atoms with van der Waals surface area (Å²) in [6.07, 6.45) is 2.14. The van der Waals surface area contributed by atoms with E-state index in [1.807, 2.05) is 54.6 Å². The van der Waals surface area contributed by atoms with Gasteiger partial charge >= 0.3 is 5.97 Å². The summed E-state index contributed by atoms with van der Waals surface area (Å²) < 4.78 is 0. The van der Waals surface area contributed by atoms with E-state index in [1.54, 1.807) is 6.08 Å². The molecule has 0 saturated carbocycles. The van der Waals surface area contributed by atoms with Crippen LogP contribution in [0.4, 0.5) is 0 Å². The SMILES string of the molecule is C=CCC(C(=O)O)[P+](c1ccccc1)(c1ccccc1)c1ccccc1. The van der Waals surface area contributed by atoms with E-state index in [2.05, 4.69) is 43.0 Å². The third-order valence-electron chi connectivity index (χ3n) is 4.63. The Morgan fingerprint density at radius 2 is 1.15 bits per heavy atom. The molecule has 0 saturated heterocycles. The Hall–Kier alpha value is -2.70. The van der Waals surface area contributed by atoms with E-state index >= 15 is 0 Å². The van der Waals surface area contributed by atoms with Crippen LogP contribution in [0.25, 0.3) is 0 Å². The summed E-state index contributed by atoms with van der Waals surface area (Å²) in [6.45, 7) is 3.83. The summed E-state index contributed by atoms with van der Waals surface area (Å²) in [5.41, 5.74) is -0.563. The lowest BCUT2D eigenvalue weighted by Gasteiger charge is -2.32. The molecule has 1 N–H and O–H groups in total. The lowest BCUT2D eigenvalue weighted by atomic mass is 10.3.